The molecule has 2 N–H and O–H groups in total. The first-order chi connectivity index (χ1) is 11.6. The zero-order valence-electron chi connectivity index (χ0n) is 13.3. The number of H-pyrrole nitrogens is 1. The summed E-state index contributed by atoms with van der Waals surface area (Å²) in [7, 11) is 3.06. The fourth-order valence-electron chi connectivity index (χ4n) is 2.41. The topological polar surface area (TPSA) is 80.4 Å². The van der Waals surface area contributed by atoms with Gasteiger partial charge in [-0.25, -0.2) is 0 Å². The number of nitrogens with one attached hydrogen (secondary N) is 2. The van der Waals surface area contributed by atoms with Gasteiger partial charge in [-0.3, -0.25) is 9.59 Å². The van der Waals surface area contributed by atoms with Gasteiger partial charge in [-0.1, -0.05) is 18.2 Å². The fourth-order valence-corrected chi connectivity index (χ4v) is 2.41. The van der Waals surface area contributed by atoms with E-state index in [1.54, 1.807) is 42.5 Å². The smallest absolute Gasteiger partial charge is 0.272 e. The van der Waals surface area contributed by atoms with Crippen LogP contribution in [-0.4, -0.2) is 25.1 Å². The van der Waals surface area contributed by atoms with Crippen LogP contribution < -0.4 is 20.3 Å². The van der Waals surface area contributed by atoms with Crippen molar-refractivity contribution < 1.29 is 14.3 Å². The molecule has 0 fully saturated rings. The summed E-state index contributed by atoms with van der Waals surface area (Å²) in [6.07, 6.45) is 0. The zero-order chi connectivity index (χ0) is 17.1. The van der Waals surface area contributed by atoms with E-state index in [2.05, 4.69) is 10.3 Å². The van der Waals surface area contributed by atoms with Gasteiger partial charge in [-0.2, -0.15) is 0 Å². The maximum Gasteiger partial charge on any atom is 0.272 e. The number of carbonyl (C=O) groups is 1. The van der Waals surface area contributed by atoms with E-state index in [1.807, 2.05) is 6.07 Å². The lowest BCUT2D eigenvalue weighted by molar-refractivity contribution is 0.102. The summed E-state index contributed by atoms with van der Waals surface area (Å²) in [5.74, 6) is 0.708. The highest BCUT2D eigenvalue weighted by molar-refractivity contribution is 6.04. The molecule has 0 aliphatic heterocycles. The Morgan fingerprint density at radius 3 is 2.33 bits per heavy atom. The minimum absolute atomic E-state index is 0.170. The van der Waals surface area contributed by atoms with Crippen molar-refractivity contribution >= 4 is 22.5 Å². The van der Waals surface area contributed by atoms with Crippen LogP contribution in [0, 0.1) is 0 Å². The highest BCUT2D eigenvalue weighted by atomic mass is 16.5. The largest absolute Gasteiger partial charge is 0.493 e. The summed E-state index contributed by atoms with van der Waals surface area (Å²) >= 11 is 0. The van der Waals surface area contributed by atoms with Crippen molar-refractivity contribution in [2.45, 2.75) is 0 Å². The lowest BCUT2D eigenvalue weighted by Crippen LogP contribution is -2.19. The van der Waals surface area contributed by atoms with Crippen LogP contribution >= 0.6 is 0 Å². The summed E-state index contributed by atoms with van der Waals surface area (Å²) in [5, 5.41) is 3.35. The molecule has 2 aromatic carbocycles. The monoisotopic (exact) mass is 324 g/mol. The summed E-state index contributed by atoms with van der Waals surface area (Å²) in [6.45, 7) is 0. The van der Waals surface area contributed by atoms with Crippen LogP contribution in [0.15, 0.2) is 53.3 Å². The molecule has 0 saturated heterocycles. The van der Waals surface area contributed by atoms with E-state index >= 15 is 0 Å². The molecule has 0 unspecified atom stereocenters. The molecule has 1 heterocycles. The van der Waals surface area contributed by atoms with Gasteiger partial charge in [0.25, 0.3) is 11.5 Å². The van der Waals surface area contributed by atoms with Crippen LogP contribution in [0.2, 0.25) is 0 Å². The lowest BCUT2D eigenvalue weighted by Gasteiger charge is -2.10. The molecule has 6 heteroatoms. The molecule has 0 bridgehead atoms. The average Bonchev–Trinajstić information content (AvgIpc) is 2.62. The number of aromatic nitrogens is 1. The van der Waals surface area contributed by atoms with Crippen molar-refractivity contribution in [3.8, 4) is 11.5 Å². The first-order valence-corrected chi connectivity index (χ1v) is 7.28. The molecule has 122 valence electrons. The summed E-state index contributed by atoms with van der Waals surface area (Å²) < 4.78 is 10.5. The molecule has 0 radical (unpaired) electrons. The molecule has 3 aromatic rings. The van der Waals surface area contributed by atoms with Crippen LogP contribution in [-0.2, 0) is 0 Å². The second kappa shape index (κ2) is 6.45. The Hall–Kier alpha value is -3.28. The number of amides is 1. The first kappa shape index (κ1) is 15.6. The molecule has 0 saturated carbocycles. The second-order valence-electron chi connectivity index (χ2n) is 5.13. The minimum atomic E-state index is -0.390. The van der Waals surface area contributed by atoms with Crippen molar-refractivity contribution in [1.82, 2.24) is 4.98 Å². The van der Waals surface area contributed by atoms with E-state index in [9.17, 15) is 9.59 Å². The molecule has 0 atom stereocenters. The number of aromatic amines is 1. The fraction of sp³-hybridized carbons (Fsp3) is 0.111. The standard InChI is InChI=1S/C18H16N2O4/c1-23-15-9-12-8-14(18(22)19-13(12)10-16(15)24-2)20-17(21)11-6-4-3-5-7-11/h3-10H,1-2H3,(H,19,22)(H,20,21). The van der Waals surface area contributed by atoms with Crippen LogP contribution in [0.25, 0.3) is 10.9 Å². The Bertz CT molecular complexity index is 948. The van der Waals surface area contributed by atoms with Crippen molar-refractivity contribution in [3.63, 3.8) is 0 Å². The number of ether oxygens (including phenoxy) is 2. The maximum absolute atomic E-state index is 12.2. The van der Waals surface area contributed by atoms with Crippen molar-refractivity contribution in [2.24, 2.45) is 0 Å². The van der Waals surface area contributed by atoms with E-state index in [-0.39, 0.29) is 17.2 Å². The van der Waals surface area contributed by atoms with Crippen LogP contribution in [0.5, 0.6) is 11.5 Å². The number of carbonyl (C=O) groups excluding carboxylic acids is 1. The van der Waals surface area contributed by atoms with E-state index in [0.29, 0.717) is 22.6 Å². The Balaban J connectivity index is 2.01. The van der Waals surface area contributed by atoms with Gasteiger partial charge in [0, 0.05) is 17.0 Å². The predicted molar refractivity (Wildman–Crippen MR) is 92.1 cm³/mol. The molecule has 3 rings (SSSR count). The van der Waals surface area contributed by atoms with Crippen LogP contribution in [0.1, 0.15) is 10.4 Å². The van der Waals surface area contributed by atoms with E-state index < -0.39 is 0 Å². The molecular formula is C18H16N2O4. The summed E-state index contributed by atoms with van der Waals surface area (Å²) in [6, 6.07) is 13.7. The van der Waals surface area contributed by atoms with Gasteiger partial charge in [-0.15, -0.1) is 0 Å². The number of fused-ring (bicyclic) bond motifs is 1. The molecule has 1 amide bonds. The Morgan fingerprint density at radius 2 is 1.67 bits per heavy atom. The molecule has 0 spiro atoms. The van der Waals surface area contributed by atoms with Gasteiger partial charge >= 0.3 is 0 Å². The molecular weight excluding hydrogens is 308 g/mol. The third-order valence-electron chi connectivity index (χ3n) is 3.63. The van der Waals surface area contributed by atoms with Gasteiger partial charge in [0.15, 0.2) is 11.5 Å². The van der Waals surface area contributed by atoms with E-state index in [0.717, 1.165) is 5.39 Å². The number of hydrogen-bond donors (Lipinski definition) is 2. The Kier molecular flexibility index (Phi) is 4.20. The Labute approximate surface area is 138 Å². The van der Waals surface area contributed by atoms with E-state index in [4.69, 9.17) is 9.47 Å². The van der Waals surface area contributed by atoms with Gasteiger partial charge in [-0.05, 0) is 24.3 Å². The highest BCUT2D eigenvalue weighted by Gasteiger charge is 2.12. The predicted octanol–water partition coefficient (Wildman–Crippen LogP) is 2.80. The lowest BCUT2D eigenvalue weighted by atomic mass is 10.1. The summed E-state index contributed by atoms with van der Waals surface area (Å²) in [4.78, 5) is 27.2. The molecule has 1 aromatic heterocycles. The molecule has 6 nitrogen and oxygen atoms in total. The number of benzene rings is 2. The maximum atomic E-state index is 12.2. The number of anilines is 1. The van der Waals surface area contributed by atoms with E-state index in [1.165, 1.54) is 14.2 Å². The normalized spacial score (nSPS) is 10.4. The highest BCUT2D eigenvalue weighted by Crippen LogP contribution is 2.31. The first-order valence-electron chi connectivity index (χ1n) is 7.28. The zero-order valence-corrected chi connectivity index (χ0v) is 13.3. The molecule has 0 aliphatic rings. The third-order valence-corrected chi connectivity index (χ3v) is 3.63. The van der Waals surface area contributed by atoms with Gasteiger partial charge in [0.1, 0.15) is 5.69 Å². The van der Waals surface area contributed by atoms with Crippen molar-refractivity contribution in [1.29, 1.82) is 0 Å². The van der Waals surface area contributed by atoms with Gasteiger partial charge < -0.3 is 19.8 Å². The number of pyridine rings is 1. The minimum Gasteiger partial charge on any atom is -0.493 e. The van der Waals surface area contributed by atoms with Crippen LogP contribution in [0.4, 0.5) is 5.69 Å². The number of hydrogen-bond acceptors (Lipinski definition) is 4. The van der Waals surface area contributed by atoms with Crippen molar-refractivity contribution in [3.05, 3.63) is 64.4 Å². The van der Waals surface area contributed by atoms with Crippen LogP contribution in [0.3, 0.4) is 0 Å². The number of rotatable bonds is 4. The number of methoxy groups -OCH3 is 2. The summed E-state index contributed by atoms with van der Waals surface area (Å²) in [5.41, 5.74) is 0.849. The molecule has 0 aliphatic carbocycles. The quantitative estimate of drug-likeness (QED) is 0.773. The van der Waals surface area contributed by atoms with Gasteiger partial charge in [0.05, 0.1) is 19.7 Å². The average molecular weight is 324 g/mol. The molecule has 24 heavy (non-hydrogen) atoms. The van der Waals surface area contributed by atoms with Crippen molar-refractivity contribution in [2.75, 3.05) is 19.5 Å². The van der Waals surface area contributed by atoms with Gasteiger partial charge in [0.2, 0.25) is 0 Å². The Morgan fingerprint density at radius 1 is 1.00 bits per heavy atom. The third kappa shape index (κ3) is 2.94. The SMILES string of the molecule is COc1cc2cc(NC(=O)c3ccccc3)c(=O)[nH]c2cc1OC. The second-order valence-corrected chi connectivity index (χ2v) is 5.13.